The van der Waals surface area contributed by atoms with Crippen molar-refractivity contribution in [2.45, 2.75) is 33.0 Å². The molecule has 17 heavy (non-hydrogen) atoms. The molecule has 104 valence electrons. The van der Waals surface area contributed by atoms with Crippen molar-refractivity contribution in [3.05, 3.63) is 0 Å². The summed E-state index contributed by atoms with van der Waals surface area (Å²) in [7, 11) is 0. The number of hydrogen-bond donors (Lipinski definition) is 4. The Labute approximate surface area is 105 Å². The summed E-state index contributed by atoms with van der Waals surface area (Å²) >= 11 is 0. The first-order chi connectivity index (χ1) is 8.13. The van der Waals surface area contributed by atoms with Crippen LogP contribution < -0.4 is 10.6 Å². The van der Waals surface area contributed by atoms with Crippen LogP contribution in [0.3, 0.4) is 0 Å². The summed E-state index contributed by atoms with van der Waals surface area (Å²) in [4.78, 5) is 2.18. The van der Waals surface area contributed by atoms with Gasteiger partial charge >= 0.3 is 0 Å². The van der Waals surface area contributed by atoms with Crippen LogP contribution in [-0.2, 0) is 0 Å². The van der Waals surface area contributed by atoms with Crippen LogP contribution in [0, 0.1) is 0 Å². The average Bonchev–Trinajstić information content (AvgIpc) is 2.33. The lowest BCUT2D eigenvalue weighted by atomic mass is 10.3. The molecule has 0 radical (unpaired) electrons. The first kappa shape index (κ1) is 16.8. The molecule has 5 nitrogen and oxygen atoms in total. The molecule has 0 aliphatic rings. The van der Waals surface area contributed by atoms with Crippen molar-refractivity contribution in [3.8, 4) is 0 Å². The maximum absolute atomic E-state index is 9.77. The zero-order valence-electron chi connectivity index (χ0n) is 11.4. The second-order valence-electron chi connectivity index (χ2n) is 4.26. The van der Waals surface area contributed by atoms with E-state index in [1.54, 1.807) is 0 Å². The number of aliphatic hydroxyl groups is 2. The molecular weight excluding hydrogens is 218 g/mol. The minimum absolute atomic E-state index is 0.374. The number of rotatable bonds is 11. The lowest BCUT2D eigenvalue weighted by Crippen LogP contribution is -2.42. The van der Waals surface area contributed by atoms with Gasteiger partial charge in [-0.25, -0.2) is 0 Å². The summed E-state index contributed by atoms with van der Waals surface area (Å²) < 4.78 is 0. The van der Waals surface area contributed by atoms with Gasteiger partial charge in [0.15, 0.2) is 0 Å². The average molecular weight is 247 g/mol. The minimum atomic E-state index is -0.393. The molecule has 0 saturated carbocycles. The van der Waals surface area contributed by atoms with E-state index in [-0.39, 0.29) is 6.10 Å². The molecule has 2 unspecified atom stereocenters. The smallest absolute Gasteiger partial charge is 0.0791 e. The molecule has 0 spiro atoms. The van der Waals surface area contributed by atoms with E-state index in [4.69, 9.17) is 0 Å². The summed E-state index contributed by atoms with van der Waals surface area (Å²) in [5, 5.41) is 25.5. The van der Waals surface area contributed by atoms with Crippen LogP contribution in [0.2, 0.25) is 0 Å². The minimum Gasteiger partial charge on any atom is -0.390 e. The monoisotopic (exact) mass is 247 g/mol. The van der Waals surface area contributed by atoms with E-state index in [0.29, 0.717) is 26.2 Å². The van der Waals surface area contributed by atoms with Crippen LogP contribution in [0.25, 0.3) is 0 Å². The molecule has 2 atom stereocenters. The highest BCUT2D eigenvalue weighted by molar-refractivity contribution is 4.68. The van der Waals surface area contributed by atoms with E-state index in [1.165, 1.54) is 0 Å². The van der Waals surface area contributed by atoms with E-state index >= 15 is 0 Å². The quantitative estimate of drug-likeness (QED) is 0.387. The number of nitrogens with one attached hydrogen (secondary N) is 2. The number of hydrogen-bond acceptors (Lipinski definition) is 5. The van der Waals surface area contributed by atoms with Gasteiger partial charge in [-0.15, -0.1) is 0 Å². The van der Waals surface area contributed by atoms with Crippen LogP contribution in [0.15, 0.2) is 0 Å². The molecular formula is C12H29N3O2. The van der Waals surface area contributed by atoms with E-state index in [0.717, 1.165) is 19.6 Å². The molecule has 0 heterocycles. The van der Waals surface area contributed by atoms with Gasteiger partial charge in [-0.05, 0) is 19.6 Å². The Hall–Kier alpha value is -0.200. The summed E-state index contributed by atoms with van der Waals surface area (Å²) in [6, 6.07) is 0. The van der Waals surface area contributed by atoms with Crippen molar-refractivity contribution in [3.63, 3.8) is 0 Å². The summed E-state index contributed by atoms with van der Waals surface area (Å²) in [6.07, 6.45) is -0.767. The van der Waals surface area contributed by atoms with Gasteiger partial charge in [0.25, 0.3) is 0 Å². The fourth-order valence-corrected chi connectivity index (χ4v) is 1.64. The molecule has 0 fully saturated rings. The summed E-state index contributed by atoms with van der Waals surface area (Å²) in [5.41, 5.74) is 0. The summed E-state index contributed by atoms with van der Waals surface area (Å²) in [5.74, 6) is 0. The highest BCUT2D eigenvalue weighted by atomic mass is 16.3. The van der Waals surface area contributed by atoms with Crippen molar-refractivity contribution in [2.24, 2.45) is 0 Å². The zero-order valence-corrected chi connectivity index (χ0v) is 11.4. The molecule has 5 heteroatoms. The van der Waals surface area contributed by atoms with Gasteiger partial charge < -0.3 is 25.7 Å². The molecule has 0 aliphatic carbocycles. The number of aliphatic hydroxyl groups excluding tert-OH is 2. The zero-order chi connectivity index (χ0) is 13.1. The molecule has 0 aromatic heterocycles. The second kappa shape index (κ2) is 10.9. The van der Waals surface area contributed by atoms with Crippen LogP contribution >= 0.6 is 0 Å². The second-order valence-corrected chi connectivity index (χ2v) is 4.26. The predicted molar refractivity (Wildman–Crippen MR) is 71.2 cm³/mol. The van der Waals surface area contributed by atoms with E-state index in [1.807, 2.05) is 6.92 Å². The van der Waals surface area contributed by atoms with Gasteiger partial charge in [-0.1, -0.05) is 20.8 Å². The number of nitrogens with zero attached hydrogens (tertiary/aromatic N) is 1. The third kappa shape index (κ3) is 9.50. The highest BCUT2D eigenvalue weighted by Gasteiger charge is 2.09. The molecule has 0 aromatic rings. The fraction of sp³-hybridized carbons (Fsp3) is 1.00. The molecule has 0 saturated heterocycles. The van der Waals surface area contributed by atoms with Gasteiger partial charge in [0.2, 0.25) is 0 Å². The lowest BCUT2D eigenvalue weighted by molar-refractivity contribution is 0.109. The Morgan fingerprint density at radius 2 is 1.41 bits per heavy atom. The largest absolute Gasteiger partial charge is 0.390 e. The van der Waals surface area contributed by atoms with Crippen molar-refractivity contribution in [1.82, 2.24) is 15.5 Å². The topological polar surface area (TPSA) is 67.8 Å². The first-order valence-corrected chi connectivity index (χ1v) is 6.63. The van der Waals surface area contributed by atoms with Crippen molar-refractivity contribution >= 4 is 0 Å². The van der Waals surface area contributed by atoms with E-state index < -0.39 is 6.10 Å². The van der Waals surface area contributed by atoms with Gasteiger partial charge in [-0.3, -0.25) is 0 Å². The van der Waals surface area contributed by atoms with Crippen LogP contribution in [-0.4, -0.2) is 73.1 Å². The Kier molecular flexibility index (Phi) is 10.8. The molecule has 0 aromatic carbocycles. The van der Waals surface area contributed by atoms with Crippen LogP contribution in [0.4, 0.5) is 0 Å². The summed E-state index contributed by atoms with van der Waals surface area (Å²) in [6.45, 7) is 11.3. The fourth-order valence-electron chi connectivity index (χ4n) is 1.64. The maximum Gasteiger partial charge on any atom is 0.0791 e. The molecule has 4 N–H and O–H groups in total. The van der Waals surface area contributed by atoms with Crippen LogP contribution in [0.1, 0.15) is 20.8 Å². The van der Waals surface area contributed by atoms with Gasteiger partial charge in [0.05, 0.1) is 12.2 Å². The Morgan fingerprint density at radius 1 is 0.882 bits per heavy atom. The Morgan fingerprint density at radius 3 is 1.94 bits per heavy atom. The highest BCUT2D eigenvalue weighted by Crippen LogP contribution is 1.91. The first-order valence-electron chi connectivity index (χ1n) is 6.63. The SMILES string of the molecule is CCNCC(O)CNCC(O)CN(CC)CC. The van der Waals surface area contributed by atoms with Gasteiger partial charge in [0, 0.05) is 26.2 Å². The Balaban J connectivity index is 3.52. The predicted octanol–water partition coefficient (Wildman–Crippen LogP) is -0.751. The van der Waals surface area contributed by atoms with E-state index in [2.05, 4.69) is 29.4 Å². The third-order valence-corrected chi connectivity index (χ3v) is 2.75. The van der Waals surface area contributed by atoms with E-state index in [9.17, 15) is 10.2 Å². The standard InChI is InChI=1S/C12H29N3O2/c1-4-13-7-11(16)8-14-9-12(17)10-15(5-2)6-3/h11-14,16-17H,4-10H2,1-3H3. The molecule has 0 rings (SSSR count). The molecule has 0 amide bonds. The maximum atomic E-state index is 9.77. The molecule has 0 bridgehead atoms. The van der Waals surface area contributed by atoms with Crippen molar-refractivity contribution in [1.29, 1.82) is 0 Å². The number of likely N-dealkylation sites (N-methyl/N-ethyl adjacent to an activating group) is 2. The third-order valence-electron chi connectivity index (χ3n) is 2.75. The Bertz CT molecular complexity index is 166. The normalized spacial score (nSPS) is 15.2. The van der Waals surface area contributed by atoms with Crippen LogP contribution in [0.5, 0.6) is 0 Å². The van der Waals surface area contributed by atoms with Crippen molar-refractivity contribution in [2.75, 3.05) is 45.8 Å². The molecule has 0 aliphatic heterocycles. The van der Waals surface area contributed by atoms with Gasteiger partial charge in [0.1, 0.15) is 0 Å². The van der Waals surface area contributed by atoms with Crippen molar-refractivity contribution < 1.29 is 10.2 Å². The van der Waals surface area contributed by atoms with Gasteiger partial charge in [-0.2, -0.15) is 0 Å². The lowest BCUT2D eigenvalue weighted by Gasteiger charge is -2.22.